The minimum Gasteiger partial charge on any atom is -0.397 e. The van der Waals surface area contributed by atoms with Crippen molar-refractivity contribution in [3.05, 3.63) is 28.1 Å². The topological polar surface area (TPSA) is 75.8 Å². The number of aliphatic hydroxyl groups excluding tert-OH is 1. The molecule has 21 heavy (non-hydrogen) atoms. The quantitative estimate of drug-likeness (QED) is 0.882. The molecule has 0 aliphatic heterocycles. The molecule has 0 spiro atoms. The van der Waals surface area contributed by atoms with Gasteiger partial charge in [-0.3, -0.25) is 4.79 Å². The van der Waals surface area contributed by atoms with Gasteiger partial charge >= 0.3 is 0 Å². The predicted octanol–water partition coefficient (Wildman–Crippen LogP) is 2.22. The number of amides is 1. The van der Waals surface area contributed by atoms with Gasteiger partial charge in [-0.05, 0) is 18.2 Å². The number of hydrogen-bond donors (Lipinski definition) is 2. The van der Waals surface area contributed by atoms with Crippen LogP contribution in [0.25, 0.3) is 10.1 Å². The third-order valence-corrected chi connectivity index (χ3v) is 4.47. The predicted molar refractivity (Wildman–Crippen MR) is 86.1 cm³/mol. The first kappa shape index (κ1) is 16.0. The van der Waals surface area contributed by atoms with Gasteiger partial charge in [0.05, 0.1) is 18.4 Å². The molecule has 0 bridgehead atoms. The highest BCUT2D eigenvalue weighted by Gasteiger charge is 2.21. The minimum atomic E-state index is -0.728. The third-order valence-electron chi connectivity index (χ3n) is 3.08. The number of anilines is 1. The van der Waals surface area contributed by atoms with Gasteiger partial charge in [0.2, 0.25) is 0 Å². The number of hydrogen-bond acceptors (Lipinski definition) is 5. The summed E-state index contributed by atoms with van der Waals surface area (Å²) in [7, 11) is 3.12. The van der Waals surface area contributed by atoms with Gasteiger partial charge in [-0.15, -0.1) is 11.3 Å². The monoisotopic (exact) mass is 328 g/mol. The van der Waals surface area contributed by atoms with Crippen LogP contribution in [0.4, 0.5) is 5.69 Å². The number of thiophene rings is 1. The Morgan fingerprint density at radius 2 is 2.29 bits per heavy atom. The molecule has 0 saturated heterocycles. The number of carbonyl (C=O) groups excluding carboxylic acids is 1. The maximum absolute atomic E-state index is 12.4. The molecule has 1 aromatic carbocycles. The highest BCUT2D eigenvalue weighted by Crippen LogP contribution is 2.35. The van der Waals surface area contributed by atoms with Crippen molar-refractivity contribution in [2.45, 2.75) is 6.10 Å². The van der Waals surface area contributed by atoms with Crippen molar-refractivity contribution < 1.29 is 14.6 Å². The Kier molecular flexibility index (Phi) is 5.05. The lowest BCUT2D eigenvalue weighted by Crippen LogP contribution is -2.36. The van der Waals surface area contributed by atoms with Crippen molar-refractivity contribution in [1.29, 1.82) is 0 Å². The maximum atomic E-state index is 12.4. The number of nitrogens with two attached hydrogens (primary N) is 1. The number of likely N-dealkylation sites (N-methyl/N-ethyl adjacent to an activating group) is 1. The normalized spacial score (nSPS) is 12.6. The highest BCUT2D eigenvalue weighted by atomic mass is 35.5. The second-order valence-electron chi connectivity index (χ2n) is 4.78. The number of ether oxygens (including phenoxy) is 1. The lowest BCUT2D eigenvalue weighted by molar-refractivity contribution is 0.0382. The molecule has 0 aliphatic carbocycles. The molecule has 0 radical (unpaired) electrons. The van der Waals surface area contributed by atoms with Gasteiger partial charge in [-0.25, -0.2) is 0 Å². The van der Waals surface area contributed by atoms with Crippen molar-refractivity contribution in [1.82, 2.24) is 4.90 Å². The van der Waals surface area contributed by atoms with Crippen LogP contribution in [0, 0.1) is 0 Å². The average molecular weight is 329 g/mol. The van der Waals surface area contributed by atoms with E-state index in [1.54, 1.807) is 25.2 Å². The van der Waals surface area contributed by atoms with Gasteiger partial charge in [-0.1, -0.05) is 11.6 Å². The van der Waals surface area contributed by atoms with Crippen molar-refractivity contribution >= 4 is 44.6 Å². The number of halogens is 1. The van der Waals surface area contributed by atoms with Crippen molar-refractivity contribution in [3.8, 4) is 0 Å². The number of fused-ring (bicyclic) bond motifs is 1. The van der Waals surface area contributed by atoms with Crippen LogP contribution in [0.2, 0.25) is 5.02 Å². The minimum absolute atomic E-state index is 0.176. The first-order valence-electron chi connectivity index (χ1n) is 6.34. The number of nitrogens with zero attached hydrogens (tertiary/aromatic N) is 1. The zero-order valence-electron chi connectivity index (χ0n) is 11.8. The first-order chi connectivity index (χ1) is 9.93. The molecule has 2 aromatic rings. The molecular weight excluding hydrogens is 312 g/mol. The zero-order valence-corrected chi connectivity index (χ0v) is 13.4. The molecule has 1 aromatic heterocycles. The fourth-order valence-electron chi connectivity index (χ4n) is 2.07. The Hall–Kier alpha value is -1.34. The van der Waals surface area contributed by atoms with Crippen LogP contribution < -0.4 is 5.73 Å². The Morgan fingerprint density at radius 3 is 2.95 bits per heavy atom. The van der Waals surface area contributed by atoms with Crippen molar-refractivity contribution in [2.24, 2.45) is 0 Å². The average Bonchev–Trinajstić information content (AvgIpc) is 2.74. The smallest absolute Gasteiger partial charge is 0.265 e. The lowest BCUT2D eigenvalue weighted by atomic mass is 10.2. The molecule has 2 rings (SSSR count). The Labute approximate surface area is 131 Å². The van der Waals surface area contributed by atoms with Gasteiger partial charge < -0.3 is 20.5 Å². The summed E-state index contributed by atoms with van der Waals surface area (Å²) >= 11 is 7.25. The van der Waals surface area contributed by atoms with Crippen LogP contribution in [0.3, 0.4) is 0 Å². The fourth-order valence-corrected chi connectivity index (χ4v) is 3.46. The SMILES string of the molecule is COCC(O)CN(C)C(=O)c1sc2cc(Cl)ccc2c1N. The molecule has 0 aliphatic rings. The second kappa shape index (κ2) is 6.62. The Balaban J connectivity index is 2.24. The summed E-state index contributed by atoms with van der Waals surface area (Å²) in [6.45, 7) is 0.357. The van der Waals surface area contributed by atoms with Gasteiger partial charge in [-0.2, -0.15) is 0 Å². The summed E-state index contributed by atoms with van der Waals surface area (Å²) in [6.07, 6.45) is -0.728. The maximum Gasteiger partial charge on any atom is 0.265 e. The van der Waals surface area contributed by atoms with Gasteiger partial charge in [0.15, 0.2) is 0 Å². The molecule has 5 nitrogen and oxygen atoms in total. The fraction of sp³-hybridized carbons (Fsp3) is 0.357. The molecule has 0 saturated carbocycles. The van der Waals surface area contributed by atoms with Crippen LogP contribution in [-0.4, -0.2) is 49.3 Å². The van der Waals surface area contributed by atoms with E-state index in [0.29, 0.717) is 15.6 Å². The number of methoxy groups -OCH3 is 1. The molecule has 1 heterocycles. The lowest BCUT2D eigenvalue weighted by Gasteiger charge is -2.20. The van der Waals surface area contributed by atoms with Crippen LogP contribution >= 0.6 is 22.9 Å². The summed E-state index contributed by atoms with van der Waals surface area (Å²) in [5.74, 6) is -0.222. The summed E-state index contributed by atoms with van der Waals surface area (Å²) in [5.41, 5.74) is 6.50. The number of carbonyl (C=O) groups is 1. The molecule has 114 valence electrons. The van der Waals surface area contributed by atoms with Crippen LogP contribution in [0.5, 0.6) is 0 Å². The van der Waals surface area contributed by atoms with E-state index >= 15 is 0 Å². The first-order valence-corrected chi connectivity index (χ1v) is 7.53. The molecule has 3 N–H and O–H groups in total. The Bertz CT molecular complexity index is 659. The van der Waals surface area contributed by atoms with E-state index in [4.69, 9.17) is 22.1 Å². The van der Waals surface area contributed by atoms with E-state index in [0.717, 1.165) is 10.1 Å². The molecular formula is C14H17ClN2O3S. The molecule has 7 heteroatoms. The summed E-state index contributed by atoms with van der Waals surface area (Å²) in [4.78, 5) is 14.3. The zero-order chi connectivity index (χ0) is 15.6. The summed E-state index contributed by atoms with van der Waals surface area (Å²) < 4.78 is 5.72. The van der Waals surface area contributed by atoms with E-state index < -0.39 is 6.10 Å². The van der Waals surface area contributed by atoms with Crippen LogP contribution in [0.15, 0.2) is 18.2 Å². The second-order valence-corrected chi connectivity index (χ2v) is 6.27. The number of nitrogen functional groups attached to an aromatic ring is 1. The molecule has 1 atom stereocenters. The summed E-state index contributed by atoms with van der Waals surface area (Å²) in [6, 6.07) is 5.34. The molecule has 1 unspecified atom stereocenters. The molecule has 0 fully saturated rings. The third kappa shape index (κ3) is 3.47. The largest absolute Gasteiger partial charge is 0.397 e. The number of aliphatic hydroxyl groups is 1. The highest BCUT2D eigenvalue weighted by molar-refractivity contribution is 7.21. The van der Waals surface area contributed by atoms with Crippen LogP contribution in [-0.2, 0) is 4.74 Å². The van der Waals surface area contributed by atoms with Gasteiger partial charge in [0.25, 0.3) is 5.91 Å². The molecule has 1 amide bonds. The van der Waals surface area contributed by atoms with E-state index in [1.807, 2.05) is 0 Å². The summed E-state index contributed by atoms with van der Waals surface area (Å²) in [5, 5.41) is 11.1. The Morgan fingerprint density at radius 1 is 1.57 bits per heavy atom. The van der Waals surface area contributed by atoms with E-state index in [9.17, 15) is 9.90 Å². The number of benzene rings is 1. The van der Waals surface area contributed by atoms with Crippen molar-refractivity contribution in [3.63, 3.8) is 0 Å². The van der Waals surface area contributed by atoms with E-state index in [2.05, 4.69) is 0 Å². The standard InChI is InChI=1S/C14H17ClN2O3S/c1-17(6-9(18)7-20-2)14(19)13-12(16)10-4-3-8(15)5-11(10)21-13/h3-5,9,18H,6-7,16H2,1-2H3. The van der Waals surface area contributed by atoms with E-state index in [-0.39, 0.29) is 19.1 Å². The van der Waals surface area contributed by atoms with Gasteiger partial charge in [0.1, 0.15) is 4.88 Å². The van der Waals surface area contributed by atoms with Crippen LogP contribution in [0.1, 0.15) is 9.67 Å². The number of rotatable bonds is 5. The van der Waals surface area contributed by atoms with E-state index in [1.165, 1.54) is 23.3 Å². The van der Waals surface area contributed by atoms with Gasteiger partial charge in [0, 0.05) is 35.8 Å². The van der Waals surface area contributed by atoms with Crippen molar-refractivity contribution in [2.75, 3.05) is 33.0 Å².